The van der Waals surface area contributed by atoms with E-state index in [4.69, 9.17) is 10.5 Å². The van der Waals surface area contributed by atoms with Gasteiger partial charge in [0, 0.05) is 18.0 Å². The number of aromatic nitrogens is 1. The molecule has 0 fully saturated rings. The molecule has 2 N–H and O–H groups in total. The summed E-state index contributed by atoms with van der Waals surface area (Å²) >= 11 is 1.62. The lowest BCUT2D eigenvalue weighted by molar-refractivity contribution is 0.199. The Morgan fingerprint density at radius 3 is 2.86 bits per heavy atom. The van der Waals surface area contributed by atoms with Crippen molar-refractivity contribution in [3.8, 4) is 5.75 Å². The minimum atomic E-state index is 0.0701. The van der Waals surface area contributed by atoms with Gasteiger partial charge in [-0.1, -0.05) is 19.1 Å². The largest absolute Gasteiger partial charge is 0.497 e. The van der Waals surface area contributed by atoms with Crippen molar-refractivity contribution in [3.05, 3.63) is 46.4 Å². The summed E-state index contributed by atoms with van der Waals surface area (Å²) < 4.78 is 5.33. The Morgan fingerprint density at radius 1 is 1.43 bits per heavy atom. The van der Waals surface area contributed by atoms with E-state index in [0.717, 1.165) is 24.4 Å². The number of benzene rings is 1. The quantitative estimate of drug-likeness (QED) is 0.854. The molecule has 21 heavy (non-hydrogen) atoms. The third-order valence-corrected chi connectivity index (χ3v) is 4.32. The van der Waals surface area contributed by atoms with Crippen molar-refractivity contribution in [2.45, 2.75) is 32.0 Å². The highest BCUT2D eigenvalue weighted by Crippen LogP contribution is 2.28. The van der Waals surface area contributed by atoms with Crippen molar-refractivity contribution in [3.63, 3.8) is 0 Å². The first-order chi connectivity index (χ1) is 10.2. The van der Waals surface area contributed by atoms with Gasteiger partial charge >= 0.3 is 0 Å². The summed E-state index contributed by atoms with van der Waals surface area (Å²) in [6, 6.07) is 8.36. The number of nitrogens with two attached hydrogens (primary N) is 1. The fourth-order valence-corrected chi connectivity index (χ4v) is 3.10. The fourth-order valence-electron chi connectivity index (χ4n) is 2.55. The highest BCUT2D eigenvalue weighted by molar-refractivity contribution is 7.07. The van der Waals surface area contributed by atoms with Crippen LogP contribution in [0.3, 0.4) is 0 Å². The molecule has 1 aromatic heterocycles. The molecule has 1 aromatic carbocycles. The lowest BCUT2D eigenvalue weighted by Gasteiger charge is -2.32. The van der Waals surface area contributed by atoms with E-state index in [-0.39, 0.29) is 12.1 Å². The number of hydrogen-bond acceptors (Lipinski definition) is 5. The maximum absolute atomic E-state index is 6.37. The van der Waals surface area contributed by atoms with Crippen LogP contribution in [0.1, 0.15) is 30.6 Å². The molecule has 2 aromatic rings. The molecule has 2 atom stereocenters. The number of hydrogen-bond donors (Lipinski definition) is 1. The van der Waals surface area contributed by atoms with Gasteiger partial charge in [0.05, 0.1) is 24.4 Å². The Hall–Kier alpha value is -1.43. The molecule has 0 saturated heterocycles. The van der Waals surface area contributed by atoms with E-state index in [0.29, 0.717) is 0 Å². The van der Waals surface area contributed by atoms with E-state index >= 15 is 0 Å². The maximum atomic E-state index is 6.37. The van der Waals surface area contributed by atoms with Crippen molar-refractivity contribution in [1.29, 1.82) is 0 Å². The molecule has 0 aliphatic rings. The lowest BCUT2D eigenvalue weighted by atomic mass is 9.96. The first-order valence-electron chi connectivity index (χ1n) is 7.12. The zero-order valence-electron chi connectivity index (χ0n) is 12.8. The maximum Gasteiger partial charge on any atom is 0.119 e. The summed E-state index contributed by atoms with van der Waals surface area (Å²) in [7, 11) is 3.78. The van der Waals surface area contributed by atoms with Crippen molar-refractivity contribution >= 4 is 11.3 Å². The van der Waals surface area contributed by atoms with E-state index in [1.807, 2.05) is 17.6 Å². The van der Waals surface area contributed by atoms with Crippen LogP contribution in [0.4, 0.5) is 0 Å². The van der Waals surface area contributed by atoms with Crippen LogP contribution in [-0.2, 0) is 6.54 Å². The summed E-state index contributed by atoms with van der Waals surface area (Å²) in [6.45, 7) is 2.91. The third kappa shape index (κ3) is 4.03. The van der Waals surface area contributed by atoms with Crippen molar-refractivity contribution in [1.82, 2.24) is 9.88 Å². The molecule has 0 aliphatic carbocycles. The number of methoxy groups -OCH3 is 1. The van der Waals surface area contributed by atoms with E-state index < -0.39 is 0 Å². The molecular weight excluding hydrogens is 282 g/mol. The highest BCUT2D eigenvalue weighted by atomic mass is 32.1. The molecule has 0 spiro atoms. The second kappa shape index (κ2) is 7.54. The van der Waals surface area contributed by atoms with Crippen LogP contribution in [0.15, 0.2) is 35.2 Å². The van der Waals surface area contributed by atoms with Crippen LogP contribution in [0.25, 0.3) is 0 Å². The van der Waals surface area contributed by atoms with Gasteiger partial charge in [0.25, 0.3) is 0 Å². The van der Waals surface area contributed by atoms with Gasteiger partial charge in [0.15, 0.2) is 0 Å². The summed E-state index contributed by atoms with van der Waals surface area (Å²) in [5.74, 6) is 0.864. The molecule has 1 heterocycles. The smallest absolute Gasteiger partial charge is 0.119 e. The van der Waals surface area contributed by atoms with Crippen LogP contribution < -0.4 is 10.5 Å². The van der Waals surface area contributed by atoms with Crippen LogP contribution in [0.2, 0.25) is 0 Å². The van der Waals surface area contributed by atoms with E-state index in [9.17, 15) is 0 Å². The zero-order chi connectivity index (χ0) is 15.2. The average Bonchev–Trinajstić information content (AvgIpc) is 3.00. The predicted molar refractivity (Wildman–Crippen MR) is 87.6 cm³/mol. The van der Waals surface area contributed by atoms with Crippen LogP contribution >= 0.6 is 11.3 Å². The third-order valence-electron chi connectivity index (χ3n) is 3.68. The van der Waals surface area contributed by atoms with Crippen LogP contribution in [0.5, 0.6) is 5.75 Å². The highest BCUT2D eigenvalue weighted by Gasteiger charge is 2.24. The van der Waals surface area contributed by atoms with Crippen molar-refractivity contribution < 1.29 is 4.74 Å². The van der Waals surface area contributed by atoms with E-state index in [1.165, 1.54) is 5.56 Å². The molecule has 2 rings (SSSR count). The molecule has 0 saturated carbocycles. The Kier molecular flexibility index (Phi) is 5.73. The topological polar surface area (TPSA) is 51.4 Å². The molecule has 0 radical (unpaired) electrons. The molecule has 0 aliphatic heterocycles. The predicted octanol–water partition coefficient (Wildman–Crippen LogP) is 3.06. The van der Waals surface area contributed by atoms with Gasteiger partial charge in [0.1, 0.15) is 5.75 Å². The molecule has 5 heteroatoms. The van der Waals surface area contributed by atoms with Crippen molar-refractivity contribution in [2.75, 3.05) is 14.2 Å². The molecular formula is C16H23N3OS. The average molecular weight is 305 g/mol. The summed E-state index contributed by atoms with van der Waals surface area (Å²) in [4.78, 5) is 6.62. The van der Waals surface area contributed by atoms with Gasteiger partial charge in [-0.3, -0.25) is 4.90 Å². The van der Waals surface area contributed by atoms with Gasteiger partial charge in [-0.2, -0.15) is 0 Å². The Balaban J connectivity index is 2.24. The first kappa shape index (κ1) is 15.9. The minimum Gasteiger partial charge on any atom is -0.497 e. The van der Waals surface area contributed by atoms with Gasteiger partial charge < -0.3 is 10.5 Å². The Bertz CT molecular complexity index is 544. The Morgan fingerprint density at radius 2 is 2.24 bits per heavy atom. The normalized spacial score (nSPS) is 14.1. The van der Waals surface area contributed by atoms with Gasteiger partial charge in [0.2, 0.25) is 0 Å². The van der Waals surface area contributed by atoms with Gasteiger partial charge in [-0.25, -0.2) is 4.98 Å². The summed E-state index contributed by atoms with van der Waals surface area (Å²) in [6.07, 6.45) is 0.920. The van der Waals surface area contributed by atoms with Crippen molar-refractivity contribution in [2.24, 2.45) is 5.73 Å². The molecule has 2 unspecified atom stereocenters. The van der Waals surface area contributed by atoms with Crippen LogP contribution in [0, 0.1) is 0 Å². The summed E-state index contributed by atoms with van der Waals surface area (Å²) in [5, 5.41) is 2.08. The van der Waals surface area contributed by atoms with Crippen LogP contribution in [-0.4, -0.2) is 30.1 Å². The SMILES string of the molecule is CCC(N)C(c1cccc(OC)c1)N(C)Cc1cscn1. The first-order valence-corrected chi connectivity index (χ1v) is 8.06. The summed E-state index contributed by atoms with van der Waals surface area (Å²) in [5.41, 5.74) is 10.5. The number of rotatable bonds is 7. The molecule has 0 amide bonds. The zero-order valence-corrected chi connectivity index (χ0v) is 13.6. The lowest BCUT2D eigenvalue weighted by Crippen LogP contribution is -2.38. The monoisotopic (exact) mass is 305 g/mol. The fraction of sp³-hybridized carbons (Fsp3) is 0.438. The van der Waals surface area contributed by atoms with Gasteiger partial charge in [-0.15, -0.1) is 11.3 Å². The minimum absolute atomic E-state index is 0.0701. The Labute approximate surface area is 130 Å². The van der Waals surface area contributed by atoms with E-state index in [2.05, 4.69) is 41.4 Å². The second-order valence-corrected chi connectivity index (χ2v) is 5.91. The number of likely N-dealkylation sites (N-methyl/N-ethyl adjacent to an activating group) is 1. The molecule has 4 nitrogen and oxygen atoms in total. The molecule has 0 bridgehead atoms. The standard InChI is InChI=1S/C16H23N3OS/c1-4-15(17)16(12-6-5-7-14(8-12)20-3)19(2)9-13-10-21-11-18-13/h5-8,10-11,15-16H,4,9,17H2,1-3H3. The number of nitrogens with zero attached hydrogens (tertiary/aromatic N) is 2. The molecule has 114 valence electrons. The second-order valence-electron chi connectivity index (χ2n) is 5.19. The van der Waals surface area contributed by atoms with Gasteiger partial charge in [-0.05, 0) is 31.2 Å². The number of ether oxygens (including phenoxy) is 1. The number of thiazole rings is 1. The van der Waals surface area contributed by atoms with E-state index in [1.54, 1.807) is 18.4 Å².